The predicted molar refractivity (Wildman–Crippen MR) is 107 cm³/mol. The van der Waals surface area contributed by atoms with Crippen molar-refractivity contribution in [3.05, 3.63) is 90.0 Å². The fraction of sp³-hybridized carbons (Fsp3) is 0.0952. The minimum atomic E-state index is -4.10. The van der Waals surface area contributed by atoms with Crippen LogP contribution < -0.4 is 9.62 Å². The molecule has 3 rings (SSSR count). The van der Waals surface area contributed by atoms with Crippen LogP contribution in [-0.4, -0.2) is 14.3 Å². The monoisotopic (exact) mass is 416 g/mol. The summed E-state index contributed by atoms with van der Waals surface area (Å²) >= 11 is 0. The third kappa shape index (κ3) is 4.97. The maximum Gasteiger partial charge on any atom is 0.264 e. The van der Waals surface area contributed by atoms with Crippen LogP contribution in [0.5, 0.6) is 0 Å². The highest BCUT2D eigenvalue weighted by atomic mass is 32.2. The van der Waals surface area contributed by atoms with Gasteiger partial charge >= 0.3 is 0 Å². The summed E-state index contributed by atoms with van der Waals surface area (Å²) < 4.78 is 55.0. The number of carbonyl (C=O) groups excluding carboxylic acids is 1. The number of nitrogens with one attached hydrogen (secondary N) is 1. The van der Waals surface area contributed by atoms with E-state index in [1.165, 1.54) is 67.6 Å². The molecule has 29 heavy (non-hydrogen) atoms. The molecule has 0 atom stereocenters. The second-order valence-corrected chi connectivity index (χ2v) is 8.19. The summed E-state index contributed by atoms with van der Waals surface area (Å²) in [6, 6.07) is 16.3. The van der Waals surface area contributed by atoms with Crippen molar-refractivity contribution in [1.29, 1.82) is 0 Å². The predicted octanol–water partition coefficient (Wildman–Crippen LogP) is 4.32. The Balaban J connectivity index is 2.03. The summed E-state index contributed by atoms with van der Waals surface area (Å²) in [6.45, 7) is 1.16. The molecule has 8 heteroatoms. The molecule has 5 nitrogen and oxygen atoms in total. The van der Waals surface area contributed by atoms with Crippen LogP contribution in [-0.2, 0) is 21.4 Å². The number of rotatable bonds is 6. The number of anilines is 2. The summed E-state index contributed by atoms with van der Waals surface area (Å²) in [5.41, 5.74) is 0.965. The molecule has 0 fully saturated rings. The second-order valence-electron chi connectivity index (χ2n) is 6.33. The van der Waals surface area contributed by atoms with Gasteiger partial charge in [0.2, 0.25) is 5.91 Å². The average molecular weight is 416 g/mol. The van der Waals surface area contributed by atoms with Gasteiger partial charge in [0.15, 0.2) is 0 Å². The van der Waals surface area contributed by atoms with Gasteiger partial charge in [-0.2, -0.15) is 0 Å². The molecule has 0 saturated heterocycles. The molecular formula is C21H18F2N2O3S. The first-order chi connectivity index (χ1) is 13.8. The van der Waals surface area contributed by atoms with E-state index in [9.17, 15) is 22.0 Å². The van der Waals surface area contributed by atoms with Gasteiger partial charge in [-0.25, -0.2) is 17.2 Å². The van der Waals surface area contributed by atoms with E-state index in [-0.39, 0.29) is 23.0 Å². The largest absolute Gasteiger partial charge is 0.326 e. The lowest BCUT2D eigenvalue weighted by Crippen LogP contribution is -2.30. The van der Waals surface area contributed by atoms with E-state index < -0.39 is 21.7 Å². The van der Waals surface area contributed by atoms with Crippen LogP contribution in [0.1, 0.15) is 12.5 Å². The van der Waals surface area contributed by atoms with Gasteiger partial charge in [0.1, 0.15) is 11.6 Å². The van der Waals surface area contributed by atoms with Crippen LogP contribution in [0.2, 0.25) is 0 Å². The zero-order valence-corrected chi connectivity index (χ0v) is 16.3. The van der Waals surface area contributed by atoms with Crippen molar-refractivity contribution in [2.75, 3.05) is 9.62 Å². The Labute approximate surface area is 167 Å². The zero-order valence-electron chi connectivity index (χ0n) is 15.5. The van der Waals surface area contributed by atoms with E-state index in [1.54, 1.807) is 6.07 Å². The van der Waals surface area contributed by atoms with Crippen LogP contribution in [0.15, 0.2) is 77.7 Å². The Morgan fingerprint density at radius 3 is 2.14 bits per heavy atom. The Hall–Kier alpha value is -3.26. The van der Waals surface area contributed by atoms with E-state index in [4.69, 9.17) is 0 Å². The average Bonchev–Trinajstić information content (AvgIpc) is 2.66. The smallest absolute Gasteiger partial charge is 0.264 e. The molecular weight excluding hydrogens is 398 g/mol. The molecule has 0 spiro atoms. The minimum absolute atomic E-state index is 0.0488. The third-order valence-corrected chi connectivity index (χ3v) is 5.86. The molecule has 0 unspecified atom stereocenters. The fourth-order valence-electron chi connectivity index (χ4n) is 2.79. The summed E-state index contributed by atoms with van der Waals surface area (Å²) in [4.78, 5) is 11.1. The quantitative estimate of drug-likeness (QED) is 0.651. The number of hydrogen-bond acceptors (Lipinski definition) is 3. The van der Waals surface area contributed by atoms with E-state index in [2.05, 4.69) is 5.32 Å². The molecule has 150 valence electrons. The molecule has 0 aromatic heterocycles. The Bertz CT molecular complexity index is 1130. The summed E-state index contributed by atoms with van der Waals surface area (Å²) in [7, 11) is -4.10. The lowest BCUT2D eigenvalue weighted by molar-refractivity contribution is -0.114. The number of amides is 1. The summed E-state index contributed by atoms with van der Waals surface area (Å²) in [5.74, 6) is -1.38. The maximum absolute atomic E-state index is 13.8. The normalized spacial score (nSPS) is 11.1. The van der Waals surface area contributed by atoms with E-state index in [0.29, 0.717) is 11.3 Å². The highest BCUT2D eigenvalue weighted by Crippen LogP contribution is 2.27. The zero-order chi connectivity index (χ0) is 21.0. The molecule has 1 N–H and O–H groups in total. The third-order valence-electron chi connectivity index (χ3n) is 4.07. The molecule has 0 aliphatic carbocycles. The first-order valence-electron chi connectivity index (χ1n) is 8.66. The lowest BCUT2D eigenvalue weighted by atomic mass is 10.2. The number of sulfonamides is 1. The maximum atomic E-state index is 13.8. The van der Waals surface area contributed by atoms with Crippen molar-refractivity contribution in [2.45, 2.75) is 18.4 Å². The van der Waals surface area contributed by atoms with Gasteiger partial charge in [-0.3, -0.25) is 9.10 Å². The number of halogens is 2. The molecule has 3 aromatic rings. The van der Waals surface area contributed by atoms with Gasteiger partial charge < -0.3 is 5.32 Å². The molecule has 1 amide bonds. The lowest BCUT2D eigenvalue weighted by Gasteiger charge is -2.25. The highest BCUT2D eigenvalue weighted by molar-refractivity contribution is 7.92. The molecule has 0 saturated carbocycles. The molecule has 0 radical (unpaired) electrons. The first kappa shape index (κ1) is 20.5. The van der Waals surface area contributed by atoms with Crippen molar-refractivity contribution < 1.29 is 22.0 Å². The number of hydrogen-bond donors (Lipinski definition) is 1. The number of carbonyl (C=O) groups is 1. The molecule has 0 aliphatic rings. The van der Waals surface area contributed by atoms with E-state index in [1.807, 2.05) is 0 Å². The van der Waals surface area contributed by atoms with Crippen LogP contribution in [0.3, 0.4) is 0 Å². The van der Waals surface area contributed by atoms with Gasteiger partial charge in [0.25, 0.3) is 10.0 Å². The first-order valence-corrected chi connectivity index (χ1v) is 10.1. The van der Waals surface area contributed by atoms with Gasteiger partial charge in [0.05, 0.1) is 17.1 Å². The van der Waals surface area contributed by atoms with Crippen LogP contribution in [0, 0.1) is 11.6 Å². The van der Waals surface area contributed by atoms with Crippen molar-refractivity contribution in [3.63, 3.8) is 0 Å². The number of nitrogens with zero attached hydrogens (tertiary/aromatic N) is 1. The van der Waals surface area contributed by atoms with Gasteiger partial charge in [0, 0.05) is 12.6 Å². The SMILES string of the molecule is CC(=O)Nc1ccc(S(=O)(=O)N(Cc2cccc(F)c2)c2cccc(F)c2)cc1. The van der Waals surface area contributed by atoms with Crippen molar-refractivity contribution in [3.8, 4) is 0 Å². The molecule has 0 bridgehead atoms. The Kier molecular flexibility index (Phi) is 5.93. The van der Waals surface area contributed by atoms with Gasteiger partial charge in [-0.05, 0) is 60.2 Å². The van der Waals surface area contributed by atoms with Crippen LogP contribution in [0.25, 0.3) is 0 Å². The highest BCUT2D eigenvalue weighted by Gasteiger charge is 2.26. The molecule has 0 heterocycles. The van der Waals surface area contributed by atoms with Gasteiger partial charge in [-0.15, -0.1) is 0 Å². The number of benzene rings is 3. The van der Waals surface area contributed by atoms with E-state index >= 15 is 0 Å². The van der Waals surface area contributed by atoms with Gasteiger partial charge in [-0.1, -0.05) is 18.2 Å². The summed E-state index contributed by atoms with van der Waals surface area (Å²) in [5, 5.41) is 2.56. The fourth-order valence-corrected chi connectivity index (χ4v) is 4.23. The molecule has 0 aliphatic heterocycles. The van der Waals surface area contributed by atoms with Crippen molar-refractivity contribution >= 4 is 27.3 Å². The molecule has 3 aromatic carbocycles. The van der Waals surface area contributed by atoms with Crippen LogP contribution >= 0.6 is 0 Å². The Morgan fingerprint density at radius 1 is 0.931 bits per heavy atom. The summed E-state index contributed by atoms with van der Waals surface area (Å²) in [6.07, 6.45) is 0. The van der Waals surface area contributed by atoms with Crippen LogP contribution in [0.4, 0.5) is 20.2 Å². The standard InChI is InChI=1S/C21H18F2N2O3S/c1-15(26)24-19-8-10-21(11-9-19)29(27,28)25(20-7-3-6-18(23)13-20)14-16-4-2-5-17(22)12-16/h2-13H,14H2,1H3,(H,24,26). The Morgan fingerprint density at radius 2 is 1.55 bits per heavy atom. The van der Waals surface area contributed by atoms with Crippen molar-refractivity contribution in [2.24, 2.45) is 0 Å². The van der Waals surface area contributed by atoms with E-state index in [0.717, 1.165) is 10.4 Å². The topological polar surface area (TPSA) is 66.5 Å². The minimum Gasteiger partial charge on any atom is -0.326 e. The van der Waals surface area contributed by atoms with Crippen molar-refractivity contribution in [1.82, 2.24) is 0 Å². The second kappa shape index (κ2) is 8.40.